The van der Waals surface area contributed by atoms with Crippen LogP contribution in [0, 0.1) is 17.5 Å². The van der Waals surface area contributed by atoms with Crippen LogP contribution in [-0.2, 0) is 9.53 Å². The highest BCUT2D eigenvalue weighted by molar-refractivity contribution is 7.80. The largest absolute Gasteiger partial charge is 0.478 e. The fourth-order valence-electron chi connectivity index (χ4n) is 2.59. The normalized spacial score (nSPS) is 16.5. The van der Waals surface area contributed by atoms with Gasteiger partial charge < -0.3 is 4.74 Å². The van der Waals surface area contributed by atoms with E-state index in [-0.39, 0.29) is 22.5 Å². The fraction of sp³-hybridized carbons (Fsp3) is 0.167. The third-order valence-electron chi connectivity index (χ3n) is 3.71. The van der Waals surface area contributed by atoms with Crippen molar-refractivity contribution in [1.82, 2.24) is 0 Å². The van der Waals surface area contributed by atoms with Gasteiger partial charge in [0.25, 0.3) is 0 Å². The van der Waals surface area contributed by atoms with Gasteiger partial charge in [0, 0.05) is 11.0 Å². The van der Waals surface area contributed by atoms with Crippen LogP contribution in [0.25, 0.3) is 11.3 Å². The molecular formula is C18H13F3O2S. The Morgan fingerprint density at radius 2 is 1.62 bits per heavy atom. The molecule has 0 fully saturated rings. The molecule has 0 saturated carbocycles. The highest BCUT2D eigenvalue weighted by atomic mass is 32.1. The summed E-state index contributed by atoms with van der Waals surface area (Å²) < 4.78 is 47.1. The second-order valence-corrected chi connectivity index (χ2v) is 6.48. The summed E-state index contributed by atoms with van der Waals surface area (Å²) in [6.45, 7) is 3.03. The van der Waals surface area contributed by atoms with Gasteiger partial charge in [-0.15, -0.1) is 12.6 Å². The fourth-order valence-corrected chi connectivity index (χ4v) is 2.78. The predicted molar refractivity (Wildman–Crippen MR) is 87.0 cm³/mol. The first-order chi connectivity index (χ1) is 11.2. The quantitative estimate of drug-likeness (QED) is 0.799. The first-order valence-corrected chi connectivity index (χ1v) is 7.57. The van der Waals surface area contributed by atoms with Gasteiger partial charge in [0.05, 0.1) is 11.1 Å². The van der Waals surface area contributed by atoms with Crippen molar-refractivity contribution in [2.24, 2.45) is 0 Å². The van der Waals surface area contributed by atoms with Gasteiger partial charge in [0.2, 0.25) is 5.78 Å². The van der Waals surface area contributed by atoms with Gasteiger partial charge in [0.1, 0.15) is 23.2 Å². The van der Waals surface area contributed by atoms with Gasteiger partial charge in [-0.05, 0) is 49.7 Å². The Kier molecular flexibility index (Phi) is 3.95. The minimum atomic E-state index is -1.26. The number of benzene rings is 2. The van der Waals surface area contributed by atoms with Gasteiger partial charge in [-0.2, -0.15) is 0 Å². The Bertz CT molecular complexity index is 868. The molecule has 6 heteroatoms. The van der Waals surface area contributed by atoms with Crippen LogP contribution in [0.2, 0.25) is 0 Å². The molecule has 24 heavy (non-hydrogen) atoms. The summed E-state index contributed by atoms with van der Waals surface area (Å²) in [5, 5.41) is 0. The van der Waals surface area contributed by atoms with Crippen molar-refractivity contribution < 1.29 is 22.7 Å². The van der Waals surface area contributed by atoms with E-state index in [1.807, 2.05) is 0 Å². The van der Waals surface area contributed by atoms with Crippen molar-refractivity contribution in [2.75, 3.05) is 0 Å². The zero-order valence-electron chi connectivity index (χ0n) is 12.9. The Morgan fingerprint density at radius 3 is 2.21 bits per heavy atom. The van der Waals surface area contributed by atoms with Crippen LogP contribution in [0.3, 0.4) is 0 Å². The molecule has 0 spiro atoms. The van der Waals surface area contributed by atoms with Crippen molar-refractivity contribution >= 4 is 29.7 Å². The number of hydrogen-bond acceptors (Lipinski definition) is 3. The summed E-state index contributed by atoms with van der Waals surface area (Å²) in [6, 6.07) is 6.87. The van der Waals surface area contributed by atoms with E-state index in [1.54, 1.807) is 0 Å². The van der Waals surface area contributed by atoms with Crippen LogP contribution in [0.5, 0.6) is 0 Å². The maximum atomic E-state index is 14.3. The summed E-state index contributed by atoms with van der Waals surface area (Å²) in [5.41, 5.74) is -1.28. The van der Waals surface area contributed by atoms with E-state index in [0.717, 1.165) is 12.1 Å². The molecule has 124 valence electrons. The van der Waals surface area contributed by atoms with E-state index in [0.29, 0.717) is 11.0 Å². The summed E-state index contributed by atoms with van der Waals surface area (Å²) in [4.78, 5) is 13.0. The summed E-state index contributed by atoms with van der Waals surface area (Å²) in [6.07, 6.45) is 0. The third kappa shape index (κ3) is 2.82. The molecule has 1 heterocycles. The average molecular weight is 350 g/mol. The molecule has 0 aliphatic carbocycles. The zero-order chi connectivity index (χ0) is 17.6. The van der Waals surface area contributed by atoms with Gasteiger partial charge >= 0.3 is 0 Å². The van der Waals surface area contributed by atoms with Crippen molar-refractivity contribution in [3.63, 3.8) is 0 Å². The van der Waals surface area contributed by atoms with E-state index in [2.05, 4.69) is 12.6 Å². The molecular weight excluding hydrogens is 337 g/mol. The monoisotopic (exact) mass is 350 g/mol. The number of hydrogen-bond donors (Lipinski definition) is 1. The highest BCUT2D eigenvalue weighted by Gasteiger charge is 2.43. The van der Waals surface area contributed by atoms with Gasteiger partial charge in [-0.1, -0.05) is 0 Å². The predicted octanol–water partition coefficient (Wildman–Crippen LogP) is 4.64. The lowest BCUT2D eigenvalue weighted by Gasteiger charge is -2.18. The number of carbonyl (C=O) groups is 1. The lowest BCUT2D eigenvalue weighted by atomic mass is 9.92. The molecule has 0 bridgehead atoms. The van der Waals surface area contributed by atoms with E-state index in [9.17, 15) is 18.0 Å². The van der Waals surface area contributed by atoms with Crippen LogP contribution in [0.1, 0.15) is 25.0 Å². The first-order valence-electron chi connectivity index (χ1n) is 7.12. The molecule has 0 aromatic heterocycles. The minimum absolute atomic E-state index is 0.00688. The van der Waals surface area contributed by atoms with Crippen LogP contribution < -0.4 is 0 Å². The first kappa shape index (κ1) is 16.6. The van der Waals surface area contributed by atoms with E-state index in [4.69, 9.17) is 4.74 Å². The van der Waals surface area contributed by atoms with E-state index >= 15 is 0 Å². The van der Waals surface area contributed by atoms with Crippen molar-refractivity contribution in [3.05, 3.63) is 65.0 Å². The highest BCUT2D eigenvalue weighted by Crippen LogP contribution is 2.42. The topological polar surface area (TPSA) is 26.3 Å². The zero-order valence-corrected chi connectivity index (χ0v) is 13.8. The molecule has 0 atom stereocenters. The number of thiol groups is 1. The Hall–Kier alpha value is -2.21. The number of Topliss-reactive ketones (excluding diaryl/α,β-unsaturated/α-hetero) is 1. The van der Waals surface area contributed by atoms with E-state index in [1.165, 1.54) is 32.0 Å². The van der Waals surface area contributed by atoms with Crippen molar-refractivity contribution in [3.8, 4) is 0 Å². The van der Waals surface area contributed by atoms with E-state index < -0.39 is 28.8 Å². The molecule has 3 rings (SSSR count). The molecule has 0 saturated heterocycles. The molecule has 0 N–H and O–H groups in total. The maximum Gasteiger partial charge on any atom is 0.210 e. The molecule has 2 aromatic rings. The van der Waals surface area contributed by atoms with Gasteiger partial charge in [-0.25, -0.2) is 13.2 Å². The van der Waals surface area contributed by atoms with Crippen LogP contribution in [0.15, 0.2) is 41.3 Å². The molecule has 1 aliphatic heterocycles. The van der Waals surface area contributed by atoms with Gasteiger partial charge in [-0.3, -0.25) is 4.79 Å². The molecule has 2 aromatic carbocycles. The van der Waals surface area contributed by atoms with Crippen molar-refractivity contribution in [1.29, 1.82) is 0 Å². The second-order valence-electron chi connectivity index (χ2n) is 5.97. The molecule has 0 unspecified atom stereocenters. The van der Waals surface area contributed by atoms with Crippen LogP contribution in [-0.4, -0.2) is 11.4 Å². The Balaban J connectivity index is 2.28. The van der Waals surface area contributed by atoms with Gasteiger partial charge in [0.15, 0.2) is 5.60 Å². The number of ether oxygens (including phenoxy) is 1. The van der Waals surface area contributed by atoms with Crippen LogP contribution >= 0.6 is 12.6 Å². The minimum Gasteiger partial charge on any atom is -0.478 e. The third-order valence-corrected chi connectivity index (χ3v) is 3.98. The molecule has 0 radical (unpaired) electrons. The Labute approximate surface area is 142 Å². The van der Waals surface area contributed by atoms with Crippen LogP contribution in [0.4, 0.5) is 13.2 Å². The number of carbonyl (C=O) groups excluding carboxylic acids is 1. The molecule has 2 nitrogen and oxygen atoms in total. The molecule has 1 aliphatic rings. The summed E-state index contributed by atoms with van der Waals surface area (Å²) in [5.74, 6) is -2.82. The summed E-state index contributed by atoms with van der Waals surface area (Å²) in [7, 11) is 0. The summed E-state index contributed by atoms with van der Waals surface area (Å²) >= 11 is 4.05. The number of rotatable bonds is 2. The smallest absolute Gasteiger partial charge is 0.210 e. The standard InChI is InChI=1S/C18H13F3O2S/c1-18(2)17(22)15(9-5-10(19)7-11(20)6-9)16(23-18)13-4-3-12(24)8-14(13)21/h3-8,24H,1-2H3. The SMILES string of the molecule is CC1(C)OC(c2ccc(S)cc2F)=C(c2cc(F)cc(F)c2)C1=O. The molecule has 0 amide bonds. The average Bonchev–Trinajstić information content (AvgIpc) is 2.68. The Morgan fingerprint density at radius 1 is 1.00 bits per heavy atom. The lowest BCUT2D eigenvalue weighted by molar-refractivity contribution is -0.125. The lowest BCUT2D eigenvalue weighted by Crippen LogP contribution is -2.29. The number of ketones is 1. The van der Waals surface area contributed by atoms with Crippen molar-refractivity contribution in [2.45, 2.75) is 24.3 Å². The number of halogens is 3. The maximum absolute atomic E-state index is 14.3. The second kappa shape index (κ2) is 5.70.